The maximum Gasteiger partial charge on any atom is 0.315 e. The number of nitrogens with one attached hydrogen (secondary N) is 1. The van der Waals surface area contributed by atoms with Crippen LogP contribution in [-0.4, -0.2) is 16.8 Å². The number of benzene rings is 1. The summed E-state index contributed by atoms with van der Waals surface area (Å²) < 4.78 is 11.4. The molecule has 1 N–H and O–H groups in total. The first-order valence-corrected chi connectivity index (χ1v) is 7.59. The van der Waals surface area contributed by atoms with Crippen molar-refractivity contribution in [1.82, 2.24) is 10.2 Å². The Kier molecular flexibility index (Phi) is 4.08. The van der Waals surface area contributed by atoms with Gasteiger partial charge in [0.25, 0.3) is 0 Å². The van der Waals surface area contributed by atoms with E-state index in [1.54, 1.807) is 0 Å². The van der Waals surface area contributed by atoms with Crippen molar-refractivity contribution in [2.75, 3.05) is 11.9 Å². The van der Waals surface area contributed by atoms with Gasteiger partial charge >= 0.3 is 6.01 Å². The average molecular weight is 287 g/mol. The van der Waals surface area contributed by atoms with E-state index in [1.165, 1.54) is 0 Å². The summed E-state index contributed by atoms with van der Waals surface area (Å²) in [7, 11) is 0. The molecule has 1 aliphatic rings. The molecule has 2 aromatic rings. The van der Waals surface area contributed by atoms with Gasteiger partial charge in [0, 0.05) is 11.5 Å². The second-order valence-corrected chi connectivity index (χ2v) is 5.47. The Morgan fingerprint density at radius 1 is 1.33 bits per heavy atom. The molecule has 0 spiro atoms. The Hall–Kier alpha value is -2.04. The number of anilines is 1. The Morgan fingerprint density at radius 3 is 2.90 bits per heavy atom. The third kappa shape index (κ3) is 3.35. The molecule has 0 amide bonds. The monoisotopic (exact) mass is 287 g/mol. The first-order valence-electron chi connectivity index (χ1n) is 7.59. The van der Waals surface area contributed by atoms with Gasteiger partial charge in [-0.1, -0.05) is 30.2 Å². The van der Waals surface area contributed by atoms with Crippen LogP contribution in [0.15, 0.2) is 28.7 Å². The molecule has 1 saturated carbocycles. The van der Waals surface area contributed by atoms with Crippen molar-refractivity contribution in [2.45, 2.75) is 45.1 Å². The second-order valence-electron chi connectivity index (χ2n) is 5.47. The molecule has 112 valence electrons. The predicted octanol–water partition coefficient (Wildman–Crippen LogP) is 3.91. The number of para-hydroxylation sites is 1. The van der Waals surface area contributed by atoms with Crippen molar-refractivity contribution < 1.29 is 9.15 Å². The lowest BCUT2D eigenvalue weighted by Crippen LogP contribution is -2.09. The minimum atomic E-state index is 0.0468. The van der Waals surface area contributed by atoms with E-state index in [1.807, 2.05) is 18.2 Å². The van der Waals surface area contributed by atoms with Crippen LogP contribution in [0.25, 0.3) is 0 Å². The lowest BCUT2D eigenvalue weighted by molar-refractivity contribution is 0.313. The third-order valence-electron chi connectivity index (χ3n) is 3.55. The predicted molar refractivity (Wildman–Crippen MR) is 80.5 cm³/mol. The van der Waals surface area contributed by atoms with E-state index in [0.29, 0.717) is 11.9 Å². The zero-order valence-corrected chi connectivity index (χ0v) is 12.5. The first kappa shape index (κ1) is 13.9. The summed E-state index contributed by atoms with van der Waals surface area (Å²) in [5, 5.41) is 11.4. The Labute approximate surface area is 124 Å². The molecule has 0 unspecified atom stereocenters. The van der Waals surface area contributed by atoms with Crippen LogP contribution in [0.4, 0.5) is 6.01 Å². The minimum absolute atomic E-state index is 0.0468. The summed E-state index contributed by atoms with van der Waals surface area (Å²) in [6.45, 7) is 4.88. The minimum Gasteiger partial charge on any atom is -0.493 e. The topological polar surface area (TPSA) is 60.2 Å². The Balaban J connectivity index is 1.70. The van der Waals surface area contributed by atoms with Gasteiger partial charge in [-0.2, -0.15) is 0 Å². The van der Waals surface area contributed by atoms with Gasteiger partial charge in [0.05, 0.1) is 12.6 Å². The number of rotatable bonds is 7. The molecule has 3 rings (SSSR count). The van der Waals surface area contributed by atoms with Gasteiger partial charge in [-0.05, 0) is 32.3 Å². The molecule has 5 nitrogen and oxygen atoms in total. The summed E-state index contributed by atoms with van der Waals surface area (Å²) in [6, 6.07) is 8.57. The van der Waals surface area contributed by atoms with Gasteiger partial charge < -0.3 is 14.5 Å². The highest BCUT2D eigenvalue weighted by Gasteiger charge is 2.29. The molecule has 5 heteroatoms. The first-order chi connectivity index (χ1) is 10.3. The van der Waals surface area contributed by atoms with Crippen molar-refractivity contribution in [2.24, 2.45) is 0 Å². The molecular formula is C16H21N3O2. The van der Waals surface area contributed by atoms with E-state index in [4.69, 9.17) is 9.15 Å². The summed E-state index contributed by atoms with van der Waals surface area (Å²) in [6.07, 6.45) is 3.31. The average Bonchev–Trinajstić information content (AvgIpc) is 3.26. The molecule has 0 radical (unpaired) electrons. The maximum atomic E-state index is 5.79. The highest BCUT2D eigenvalue weighted by molar-refractivity contribution is 5.39. The fourth-order valence-corrected chi connectivity index (χ4v) is 2.23. The summed E-state index contributed by atoms with van der Waals surface area (Å²) in [5.74, 6) is 2.13. The van der Waals surface area contributed by atoms with Gasteiger partial charge in [0.2, 0.25) is 5.89 Å². The molecule has 0 bridgehead atoms. The normalized spacial score (nSPS) is 15.7. The Morgan fingerprint density at radius 2 is 2.14 bits per heavy atom. The van der Waals surface area contributed by atoms with Crippen LogP contribution in [0.3, 0.4) is 0 Å². The summed E-state index contributed by atoms with van der Waals surface area (Å²) in [5.41, 5.74) is 1.09. The lowest BCUT2D eigenvalue weighted by Gasteiger charge is -2.16. The number of nitrogens with zero attached hydrogens (tertiary/aromatic N) is 2. The largest absolute Gasteiger partial charge is 0.493 e. The van der Waals surface area contributed by atoms with Gasteiger partial charge in [-0.15, -0.1) is 5.10 Å². The van der Waals surface area contributed by atoms with Crippen LogP contribution in [-0.2, 0) is 0 Å². The van der Waals surface area contributed by atoms with Gasteiger partial charge in [-0.25, -0.2) is 0 Å². The van der Waals surface area contributed by atoms with Crippen molar-refractivity contribution >= 4 is 6.01 Å². The van der Waals surface area contributed by atoms with Gasteiger partial charge in [-0.3, -0.25) is 0 Å². The number of hydrogen-bond acceptors (Lipinski definition) is 5. The van der Waals surface area contributed by atoms with Crippen molar-refractivity contribution in [3.63, 3.8) is 0 Å². The summed E-state index contributed by atoms with van der Waals surface area (Å²) in [4.78, 5) is 0. The molecule has 1 aromatic heterocycles. The van der Waals surface area contributed by atoms with Crippen LogP contribution >= 0.6 is 0 Å². The fraction of sp³-hybridized carbons (Fsp3) is 0.500. The molecule has 0 saturated heterocycles. The maximum absolute atomic E-state index is 5.79. The second kappa shape index (κ2) is 6.16. The third-order valence-corrected chi connectivity index (χ3v) is 3.55. The molecular weight excluding hydrogens is 266 g/mol. The molecule has 1 heterocycles. The van der Waals surface area contributed by atoms with Gasteiger partial charge in [0.1, 0.15) is 5.75 Å². The Bertz CT molecular complexity index is 593. The van der Waals surface area contributed by atoms with E-state index >= 15 is 0 Å². The van der Waals surface area contributed by atoms with Crippen LogP contribution in [0.1, 0.15) is 56.5 Å². The standard InChI is InChI=1S/C16H21N3O2/c1-3-10-20-14-7-5-4-6-13(14)11(2)17-16-19-18-15(21-16)12-8-9-12/h4-7,11-12H,3,8-10H2,1-2H3,(H,17,19)/t11-/m0/s1. The molecule has 21 heavy (non-hydrogen) atoms. The quantitative estimate of drug-likeness (QED) is 0.836. The molecule has 1 atom stereocenters. The van der Waals surface area contributed by atoms with Crippen LogP contribution < -0.4 is 10.1 Å². The SMILES string of the molecule is CCCOc1ccccc1[C@H](C)Nc1nnc(C2CC2)o1. The smallest absolute Gasteiger partial charge is 0.315 e. The van der Waals surface area contributed by atoms with E-state index < -0.39 is 0 Å². The molecule has 0 aliphatic heterocycles. The van der Waals surface area contributed by atoms with E-state index in [2.05, 4.69) is 35.4 Å². The van der Waals surface area contributed by atoms with Gasteiger partial charge in [0.15, 0.2) is 0 Å². The van der Waals surface area contributed by atoms with E-state index in [0.717, 1.165) is 43.1 Å². The number of ether oxygens (including phenoxy) is 1. The zero-order chi connectivity index (χ0) is 14.7. The van der Waals surface area contributed by atoms with E-state index in [-0.39, 0.29) is 6.04 Å². The lowest BCUT2D eigenvalue weighted by atomic mass is 10.1. The molecule has 1 fully saturated rings. The summed E-state index contributed by atoms with van der Waals surface area (Å²) >= 11 is 0. The highest BCUT2D eigenvalue weighted by Crippen LogP contribution is 2.39. The molecule has 1 aliphatic carbocycles. The van der Waals surface area contributed by atoms with Crippen molar-refractivity contribution in [3.8, 4) is 5.75 Å². The number of hydrogen-bond donors (Lipinski definition) is 1. The van der Waals surface area contributed by atoms with Crippen LogP contribution in [0.2, 0.25) is 0 Å². The highest BCUT2D eigenvalue weighted by atomic mass is 16.5. The molecule has 1 aromatic carbocycles. The van der Waals surface area contributed by atoms with Crippen molar-refractivity contribution in [1.29, 1.82) is 0 Å². The van der Waals surface area contributed by atoms with Crippen molar-refractivity contribution in [3.05, 3.63) is 35.7 Å². The fourth-order valence-electron chi connectivity index (χ4n) is 2.23. The number of aromatic nitrogens is 2. The zero-order valence-electron chi connectivity index (χ0n) is 12.5. The van der Waals surface area contributed by atoms with Crippen LogP contribution in [0, 0.1) is 0 Å². The van der Waals surface area contributed by atoms with E-state index in [9.17, 15) is 0 Å². The van der Waals surface area contributed by atoms with Crippen LogP contribution in [0.5, 0.6) is 5.75 Å².